The molecule has 0 amide bonds. The van der Waals surface area contributed by atoms with Gasteiger partial charge in [-0.05, 0) is 48.0 Å². The summed E-state index contributed by atoms with van der Waals surface area (Å²) in [5, 5.41) is 2.62. The van der Waals surface area contributed by atoms with Crippen LogP contribution in [-0.4, -0.2) is 15.0 Å². The zero-order valence-corrected chi connectivity index (χ0v) is 15.2. The van der Waals surface area contributed by atoms with E-state index < -0.39 is 10.0 Å². The maximum atomic E-state index is 13.1. The summed E-state index contributed by atoms with van der Waals surface area (Å²) in [6.07, 6.45) is 0. The van der Waals surface area contributed by atoms with Crippen LogP contribution in [0.3, 0.4) is 0 Å². The Hall–Kier alpha value is -1.75. The molecule has 3 aromatic carbocycles. The second-order valence-corrected chi connectivity index (χ2v) is 7.98. The fourth-order valence-electron chi connectivity index (χ4n) is 2.60. The summed E-state index contributed by atoms with van der Waals surface area (Å²) >= 11 is 12.2. The normalized spacial score (nSPS) is 11.6. The standard InChI is InChI=1S/C18H15Cl2NO2S/c1-2-21(18-12-15(19)8-10-17(18)20)24(22,23)16-9-7-13-5-3-4-6-14(13)11-16/h3-12H,2H2,1H3. The van der Waals surface area contributed by atoms with Crippen molar-refractivity contribution in [2.24, 2.45) is 0 Å². The number of sulfonamides is 1. The van der Waals surface area contributed by atoms with E-state index in [4.69, 9.17) is 23.2 Å². The number of rotatable bonds is 4. The minimum absolute atomic E-state index is 0.221. The van der Waals surface area contributed by atoms with Crippen molar-refractivity contribution in [2.75, 3.05) is 10.8 Å². The first kappa shape index (κ1) is 17.1. The van der Waals surface area contributed by atoms with Crippen molar-refractivity contribution in [2.45, 2.75) is 11.8 Å². The molecule has 0 atom stereocenters. The quantitative estimate of drug-likeness (QED) is 0.611. The predicted octanol–water partition coefficient (Wildman–Crippen LogP) is 5.36. The molecule has 0 N–H and O–H groups in total. The number of fused-ring (bicyclic) bond motifs is 1. The first-order valence-corrected chi connectivity index (χ1v) is 9.59. The van der Waals surface area contributed by atoms with Crippen molar-refractivity contribution in [1.29, 1.82) is 0 Å². The van der Waals surface area contributed by atoms with Gasteiger partial charge in [0.25, 0.3) is 10.0 Å². The molecular formula is C18H15Cl2NO2S. The van der Waals surface area contributed by atoms with E-state index >= 15 is 0 Å². The Morgan fingerprint density at radius 1 is 0.917 bits per heavy atom. The third-order valence-corrected chi connectivity index (χ3v) is 6.21. The summed E-state index contributed by atoms with van der Waals surface area (Å²) in [5.74, 6) is 0. The Bertz CT molecular complexity index is 1000. The lowest BCUT2D eigenvalue weighted by molar-refractivity contribution is 0.592. The van der Waals surface area contributed by atoms with Crippen LogP contribution in [0.4, 0.5) is 5.69 Å². The summed E-state index contributed by atoms with van der Waals surface area (Å²) < 4.78 is 27.5. The van der Waals surface area contributed by atoms with Gasteiger partial charge in [-0.25, -0.2) is 8.42 Å². The predicted molar refractivity (Wildman–Crippen MR) is 101 cm³/mol. The molecule has 0 aliphatic heterocycles. The molecule has 0 saturated heterocycles. The maximum Gasteiger partial charge on any atom is 0.264 e. The highest BCUT2D eigenvalue weighted by Crippen LogP contribution is 2.33. The molecule has 0 fully saturated rings. The van der Waals surface area contributed by atoms with Gasteiger partial charge in [-0.2, -0.15) is 0 Å². The Labute approximate surface area is 151 Å². The van der Waals surface area contributed by atoms with Gasteiger partial charge >= 0.3 is 0 Å². The molecule has 3 aromatic rings. The zero-order chi connectivity index (χ0) is 17.3. The van der Waals surface area contributed by atoms with Crippen LogP contribution in [0, 0.1) is 0 Å². The van der Waals surface area contributed by atoms with E-state index in [1.165, 1.54) is 4.31 Å². The van der Waals surface area contributed by atoms with Crippen LogP contribution in [0.15, 0.2) is 65.6 Å². The molecule has 0 aromatic heterocycles. The van der Waals surface area contributed by atoms with Crippen LogP contribution >= 0.6 is 23.2 Å². The third-order valence-electron chi connectivity index (χ3n) is 3.77. The molecule has 0 spiro atoms. The highest BCUT2D eigenvalue weighted by molar-refractivity contribution is 7.92. The smallest absolute Gasteiger partial charge is 0.264 e. The van der Waals surface area contributed by atoms with Crippen LogP contribution in [0.25, 0.3) is 10.8 Å². The Balaban J connectivity index is 2.14. The van der Waals surface area contributed by atoms with E-state index in [0.717, 1.165) is 10.8 Å². The molecule has 0 saturated carbocycles. The topological polar surface area (TPSA) is 37.4 Å². The minimum atomic E-state index is -3.74. The maximum absolute atomic E-state index is 13.1. The van der Waals surface area contributed by atoms with Gasteiger partial charge in [-0.15, -0.1) is 0 Å². The molecule has 0 aliphatic carbocycles. The van der Waals surface area contributed by atoms with Crippen molar-refractivity contribution in [3.63, 3.8) is 0 Å². The van der Waals surface area contributed by atoms with Gasteiger partial charge in [-0.3, -0.25) is 4.31 Å². The van der Waals surface area contributed by atoms with E-state index in [0.29, 0.717) is 15.7 Å². The fraction of sp³-hybridized carbons (Fsp3) is 0.111. The number of anilines is 1. The van der Waals surface area contributed by atoms with Gasteiger partial charge in [0, 0.05) is 11.6 Å². The SMILES string of the molecule is CCN(c1cc(Cl)ccc1Cl)S(=O)(=O)c1ccc2ccccc2c1. The van der Waals surface area contributed by atoms with Gasteiger partial charge in [0.05, 0.1) is 15.6 Å². The van der Waals surface area contributed by atoms with E-state index in [9.17, 15) is 8.42 Å². The molecule has 3 nitrogen and oxygen atoms in total. The van der Waals surface area contributed by atoms with Crippen molar-refractivity contribution < 1.29 is 8.42 Å². The number of halogens is 2. The van der Waals surface area contributed by atoms with Gasteiger partial charge in [0.2, 0.25) is 0 Å². The molecule has 6 heteroatoms. The average molecular weight is 380 g/mol. The number of hydrogen-bond donors (Lipinski definition) is 0. The van der Waals surface area contributed by atoms with E-state index in [1.807, 2.05) is 24.3 Å². The summed E-state index contributed by atoms with van der Waals surface area (Å²) in [7, 11) is -3.74. The van der Waals surface area contributed by atoms with Gasteiger partial charge < -0.3 is 0 Å². The van der Waals surface area contributed by atoms with Crippen LogP contribution in [0.5, 0.6) is 0 Å². The molecule has 0 bridgehead atoms. The molecule has 3 rings (SSSR count). The van der Waals surface area contributed by atoms with Crippen molar-refractivity contribution >= 4 is 49.7 Å². The summed E-state index contributed by atoms with van der Waals surface area (Å²) in [5.41, 5.74) is 0.375. The lowest BCUT2D eigenvalue weighted by Gasteiger charge is -2.24. The molecule has 0 heterocycles. The fourth-order valence-corrected chi connectivity index (χ4v) is 4.56. The highest BCUT2D eigenvalue weighted by atomic mass is 35.5. The average Bonchev–Trinajstić information content (AvgIpc) is 2.58. The van der Waals surface area contributed by atoms with Crippen LogP contribution in [-0.2, 0) is 10.0 Å². The van der Waals surface area contributed by atoms with Crippen LogP contribution in [0.1, 0.15) is 6.92 Å². The number of benzene rings is 3. The summed E-state index contributed by atoms with van der Waals surface area (Å²) in [6, 6.07) is 17.5. The first-order chi connectivity index (χ1) is 11.4. The molecule has 0 unspecified atom stereocenters. The van der Waals surface area contributed by atoms with Crippen molar-refractivity contribution in [1.82, 2.24) is 0 Å². The number of nitrogens with zero attached hydrogens (tertiary/aromatic N) is 1. The largest absolute Gasteiger partial charge is 0.265 e. The lowest BCUT2D eigenvalue weighted by Crippen LogP contribution is -2.31. The monoisotopic (exact) mass is 379 g/mol. The molecular weight excluding hydrogens is 365 g/mol. The Morgan fingerprint density at radius 2 is 1.62 bits per heavy atom. The van der Waals surface area contributed by atoms with Crippen molar-refractivity contribution in [3.05, 3.63) is 70.7 Å². The second-order valence-electron chi connectivity index (χ2n) is 5.27. The van der Waals surface area contributed by atoms with E-state index in [2.05, 4.69) is 0 Å². The molecule has 24 heavy (non-hydrogen) atoms. The van der Waals surface area contributed by atoms with E-state index in [1.54, 1.807) is 43.3 Å². The van der Waals surface area contributed by atoms with Crippen LogP contribution < -0.4 is 4.31 Å². The van der Waals surface area contributed by atoms with Gasteiger partial charge in [0.15, 0.2) is 0 Å². The first-order valence-electron chi connectivity index (χ1n) is 7.40. The number of hydrogen-bond acceptors (Lipinski definition) is 2. The molecule has 124 valence electrons. The van der Waals surface area contributed by atoms with Crippen LogP contribution in [0.2, 0.25) is 10.0 Å². The second kappa shape index (κ2) is 6.63. The Morgan fingerprint density at radius 3 is 2.33 bits per heavy atom. The molecule has 0 aliphatic rings. The van der Waals surface area contributed by atoms with E-state index in [-0.39, 0.29) is 11.4 Å². The third kappa shape index (κ3) is 3.09. The summed E-state index contributed by atoms with van der Waals surface area (Å²) in [6.45, 7) is 2.01. The van der Waals surface area contributed by atoms with Gasteiger partial charge in [-0.1, -0.05) is 53.5 Å². The lowest BCUT2D eigenvalue weighted by atomic mass is 10.1. The van der Waals surface area contributed by atoms with Gasteiger partial charge in [0.1, 0.15) is 0 Å². The molecule has 0 radical (unpaired) electrons. The zero-order valence-electron chi connectivity index (χ0n) is 12.9. The summed E-state index contributed by atoms with van der Waals surface area (Å²) in [4.78, 5) is 0.221. The van der Waals surface area contributed by atoms with Crippen molar-refractivity contribution in [3.8, 4) is 0 Å². The Kier molecular flexibility index (Phi) is 4.72. The minimum Gasteiger partial charge on any atom is -0.265 e. The highest BCUT2D eigenvalue weighted by Gasteiger charge is 2.25.